The van der Waals surface area contributed by atoms with Crippen molar-refractivity contribution in [2.24, 2.45) is 0 Å². The fourth-order valence-corrected chi connectivity index (χ4v) is 1.14. The van der Waals surface area contributed by atoms with Crippen LogP contribution in [0, 0.1) is 0 Å². The Bertz CT molecular complexity index is 290. The van der Waals surface area contributed by atoms with Crippen molar-refractivity contribution in [2.75, 3.05) is 6.61 Å². The van der Waals surface area contributed by atoms with Gasteiger partial charge in [-0.25, -0.2) is 0 Å². The Kier molecular flexibility index (Phi) is 1.38. The average Bonchev–Trinajstić information content (AvgIpc) is 2.50. The molecule has 58 valence electrons. The molecule has 0 aromatic carbocycles. The summed E-state index contributed by atoms with van der Waals surface area (Å²) in [7, 11) is 0. The first kappa shape index (κ1) is 6.39. The maximum Gasteiger partial charge on any atom is 0.198 e. The van der Waals surface area contributed by atoms with Gasteiger partial charge in [-0.1, -0.05) is 0 Å². The topological polar surface area (TPSA) is 39.9 Å². The third-order valence-electron chi connectivity index (χ3n) is 1.69. The van der Waals surface area contributed by atoms with Crippen LogP contribution >= 0.6 is 0 Å². The van der Waals surface area contributed by atoms with E-state index in [2.05, 4.69) is 10.2 Å². The van der Waals surface area contributed by atoms with Crippen molar-refractivity contribution in [2.45, 2.75) is 13.5 Å². The molecular weight excluding hydrogens is 142 g/mol. The Morgan fingerprint density at radius 3 is 3.45 bits per heavy atom. The standard InChI is InChI=1S/C7H9N3O/c1-2-6-7-9-8-5-10(7)3-4-11-6/h2,5H,3-4H2,1H3/b6-2+. The highest BCUT2D eigenvalue weighted by molar-refractivity contribution is 5.52. The zero-order valence-electron chi connectivity index (χ0n) is 6.32. The van der Waals surface area contributed by atoms with Gasteiger partial charge in [0.05, 0.1) is 6.54 Å². The molecule has 0 saturated carbocycles. The van der Waals surface area contributed by atoms with Gasteiger partial charge in [-0.2, -0.15) is 0 Å². The maximum atomic E-state index is 5.35. The second kappa shape index (κ2) is 2.38. The normalized spacial score (nSPS) is 19.5. The number of nitrogens with zero attached hydrogens (tertiary/aromatic N) is 3. The smallest absolute Gasteiger partial charge is 0.198 e. The Morgan fingerprint density at radius 2 is 2.64 bits per heavy atom. The van der Waals surface area contributed by atoms with E-state index in [9.17, 15) is 0 Å². The molecule has 0 radical (unpaired) electrons. The minimum absolute atomic E-state index is 0.713. The summed E-state index contributed by atoms with van der Waals surface area (Å²) in [5.41, 5.74) is 0. The lowest BCUT2D eigenvalue weighted by Gasteiger charge is -2.16. The van der Waals surface area contributed by atoms with E-state index in [0.29, 0.717) is 6.61 Å². The molecular formula is C7H9N3O. The highest BCUT2D eigenvalue weighted by atomic mass is 16.5. The van der Waals surface area contributed by atoms with Gasteiger partial charge in [0.15, 0.2) is 11.6 Å². The van der Waals surface area contributed by atoms with Crippen molar-refractivity contribution < 1.29 is 4.74 Å². The van der Waals surface area contributed by atoms with Crippen LogP contribution in [0.2, 0.25) is 0 Å². The van der Waals surface area contributed by atoms with Gasteiger partial charge >= 0.3 is 0 Å². The molecule has 0 spiro atoms. The molecule has 0 N–H and O–H groups in total. The van der Waals surface area contributed by atoms with Crippen LogP contribution in [0.4, 0.5) is 0 Å². The molecule has 1 aromatic heterocycles. The van der Waals surface area contributed by atoms with Crippen molar-refractivity contribution >= 4 is 5.76 Å². The van der Waals surface area contributed by atoms with Gasteiger partial charge in [-0.15, -0.1) is 10.2 Å². The van der Waals surface area contributed by atoms with E-state index in [1.807, 2.05) is 17.6 Å². The first-order valence-corrected chi connectivity index (χ1v) is 3.59. The molecule has 4 heteroatoms. The van der Waals surface area contributed by atoms with Crippen molar-refractivity contribution in [3.05, 3.63) is 18.2 Å². The summed E-state index contributed by atoms with van der Waals surface area (Å²) in [4.78, 5) is 0. The number of allylic oxidation sites excluding steroid dienone is 1. The number of hydrogen-bond acceptors (Lipinski definition) is 3. The minimum Gasteiger partial charge on any atom is -0.488 e. The molecule has 0 saturated heterocycles. The lowest BCUT2D eigenvalue weighted by Crippen LogP contribution is -2.15. The molecule has 11 heavy (non-hydrogen) atoms. The molecule has 0 unspecified atom stereocenters. The van der Waals surface area contributed by atoms with Crippen molar-refractivity contribution in [3.8, 4) is 0 Å². The Balaban J connectivity index is 2.48. The molecule has 2 heterocycles. The Labute approximate surface area is 64.5 Å². The molecule has 2 rings (SSSR count). The van der Waals surface area contributed by atoms with Crippen LogP contribution in [0.1, 0.15) is 12.7 Å². The van der Waals surface area contributed by atoms with Crippen LogP contribution in [0.25, 0.3) is 5.76 Å². The van der Waals surface area contributed by atoms with Gasteiger partial charge in [0.25, 0.3) is 0 Å². The highest BCUT2D eigenvalue weighted by Gasteiger charge is 2.15. The molecule has 0 aliphatic carbocycles. The van der Waals surface area contributed by atoms with Gasteiger partial charge in [0.2, 0.25) is 0 Å². The number of rotatable bonds is 0. The third-order valence-corrected chi connectivity index (χ3v) is 1.69. The van der Waals surface area contributed by atoms with Crippen molar-refractivity contribution in [1.29, 1.82) is 0 Å². The first-order chi connectivity index (χ1) is 5.42. The fourth-order valence-electron chi connectivity index (χ4n) is 1.14. The lowest BCUT2D eigenvalue weighted by atomic mass is 10.4. The van der Waals surface area contributed by atoms with Crippen LogP contribution in [-0.4, -0.2) is 21.4 Å². The minimum atomic E-state index is 0.713. The zero-order chi connectivity index (χ0) is 7.68. The second-order valence-corrected chi connectivity index (χ2v) is 2.35. The summed E-state index contributed by atoms with van der Waals surface area (Å²) in [6.45, 7) is 3.49. The van der Waals surface area contributed by atoms with E-state index in [0.717, 1.165) is 18.1 Å². The first-order valence-electron chi connectivity index (χ1n) is 3.59. The second-order valence-electron chi connectivity index (χ2n) is 2.35. The van der Waals surface area contributed by atoms with Crippen LogP contribution in [-0.2, 0) is 11.3 Å². The molecule has 1 aliphatic heterocycles. The fraction of sp³-hybridized carbons (Fsp3) is 0.429. The summed E-state index contributed by atoms with van der Waals surface area (Å²) in [5, 5.41) is 7.72. The molecule has 1 aliphatic rings. The maximum absolute atomic E-state index is 5.35. The quantitative estimate of drug-likeness (QED) is 0.547. The van der Waals surface area contributed by atoms with Gasteiger partial charge < -0.3 is 9.30 Å². The van der Waals surface area contributed by atoms with E-state index in [-0.39, 0.29) is 0 Å². The van der Waals surface area contributed by atoms with Crippen LogP contribution in [0.3, 0.4) is 0 Å². The monoisotopic (exact) mass is 151 g/mol. The molecule has 0 bridgehead atoms. The molecule has 0 amide bonds. The predicted octanol–water partition coefficient (Wildman–Crippen LogP) is 0.669. The van der Waals surface area contributed by atoms with Gasteiger partial charge in [0.1, 0.15) is 12.9 Å². The van der Waals surface area contributed by atoms with Crippen LogP contribution < -0.4 is 0 Å². The highest BCUT2D eigenvalue weighted by Crippen LogP contribution is 2.16. The molecule has 4 nitrogen and oxygen atoms in total. The van der Waals surface area contributed by atoms with E-state index in [1.54, 1.807) is 6.33 Å². The van der Waals surface area contributed by atoms with E-state index in [1.165, 1.54) is 0 Å². The Hall–Kier alpha value is -1.32. The summed E-state index contributed by atoms with van der Waals surface area (Å²) < 4.78 is 7.33. The number of fused-ring (bicyclic) bond motifs is 1. The van der Waals surface area contributed by atoms with E-state index in [4.69, 9.17) is 4.74 Å². The van der Waals surface area contributed by atoms with Crippen LogP contribution in [0.5, 0.6) is 0 Å². The molecule has 1 aromatic rings. The van der Waals surface area contributed by atoms with Crippen LogP contribution in [0.15, 0.2) is 12.4 Å². The van der Waals surface area contributed by atoms with Crippen molar-refractivity contribution in [3.63, 3.8) is 0 Å². The van der Waals surface area contributed by atoms with Gasteiger partial charge in [-0.05, 0) is 13.0 Å². The SMILES string of the molecule is C/C=C1/OCCn2cnnc21. The number of ether oxygens (including phenoxy) is 1. The predicted molar refractivity (Wildman–Crippen MR) is 39.6 cm³/mol. The van der Waals surface area contributed by atoms with Gasteiger partial charge in [0, 0.05) is 0 Å². The third kappa shape index (κ3) is 0.906. The average molecular weight is 151 g/mol. The number of hydrogen-bond donors (Lipinski definition) is 0. The summed E-state index contributed by atoms with van der Waals surface area (Å²) in [6, 6.07) is 0. The molecule has 0 atom stereocenters. The zero-order valence-corrected chi connectivity index (χ0v) is 6.32. The van der Waals surface area contributed by atoms with E-state index < -0.39 is 0 Å². The summed E-state index contributed by atoms with van der Waals surface area (Å²) in [5.74, 6) is 1.66. The van der Waals surface area contributed by atoms with Gasteiger partial charge in [-0.3, -0.25) is 0 Å². The largest absolute Gasteiger partial charge is 0.488 e. The summed E-state index contributed by atoms with van der Waals surface area (Å²) in [6.07, 6.45) is 3.63. The number of aromatic nitrogens is 3. The lowest BCUT2D eigenvalue weighted by molar-refractivity contribution is 0.234. The Morgan fingerprint density at radius 1 is 1.73 bits per heavy atom. The van der Waals surface area contributed by atoms with Crippen molar-refractivity contribution in [1.82, 2.24) is 14.8 Å². The summed E-state index contributed by atoms with van der Waals surface area (Å²) >= 11 is 0. The van der Waals surface area contributed by atoms with E-state index >= 15 is 0 Å². The molecule has 0 fully saturated rings.